The lowest BCUT2D eigenvalue weighted by Gasteiger charge is -2.18. The lowest BCUT2D eigenvalue weighted by molar-refractivity contribution is 0.414. The standard InChI is InChI=1S/C12H20FN3O3S/c1-14-7-4-8-16(2)20(17,18)15-12-9-10(19-3)5-6-11(12)13/h5-6,9,14-15H,4,7-8H2,1-3H3. The van der Waals surface area contributed by atoms with Crippen molar-refractivity contribution in [2.45, 2.75) is 6.42 Å². The molecule has 0 amide bonds. The average Bonchev–Trinajstić information content (AvgIpc) is 2.41. The molecule has 0 heterocycles. The molecule has 1 aromatic rings. The van der Waals surface area contributed by atoms with E-state index in [1.54, 1.807) is 7.05 Å². The zero-order valence-corrected chi connectivity index (χ0v) is 12.6. The third-order valence-corrected chi connectivity index (χ3v) is 4.20. The van der Waals surface area contributed by atoms with Crippen LogP contribution < -0.4 is 14.8 Å². The van der Waals surface area contributed by atoms with Crippen LogP contribution >= 0.6 is 0 Å². The molecule has 0 saturated carbocycles. The lowest BCUT2D eigenvalue weighted by atomic mass is 10.3. The first-order chi connectivity index (χ1) is 9.40. The summed E-state index contributed by atoms with van der Waals surface area (Å²) >= 11 is 0. The number of rotatable bonds is 8. The van der Waals surface area contributed by atoms with Gasteiger partial charge in [-0.2, -0.15) is 12.7 Å². The molecule has 2 N–H and O–H groups in total. The number of anilines is 1. The summed E-state index contributed by atoms with van der Waals surface area (Å²) < 4.78 is 46.0. The van der Waals surface area contributed by atoms with Gasteiger partial charge in [0.25, 0.3) is 0 Å². The van der Waals surface area contributed by atoms with Crippen LogP contribution in [0.2, 0.25) is 0 Å². The van der Waals surface area contributed by atoms with E-state index >= 15 is 0 Å². The Kier molecular flexibility index (Phi) is 6.18. The monoisotopic (exact) mass is 305 g/mol. The second kappa shape index (κ2) is 7.41. The summed E-state index contributed by atoms with van der Waals surface area (Å²) in [6.45, 7) is 1.04. The summed E-state index contributed by atoms with van der Waals surface area (Å²) in [6, 6.07) is 3.87. The van der Waals surface area contributed by atoms with E-state index in [1.165, 1.54) is 26.3 Å². The quantitative estimate of drug-likeness (QED) is 0.704. The molecule has 0 fully saturated rings. The van der Waals surface area contributed by atoms with Crippen LogP contribution in [0.5, 0.6) is 5.75 Å². The van der Waals surface area contributed by atoms with Gasteiger partial charge in [-0.15, -0.1) is 0 Å². The van der Waals surface area contributed by atoms with E-state index < -0.39 is 16.0 Å². The van der Waals surface area contributed by atoms with Gasteiger partial charge in [0.1, 0.15) is 11.6 Å². The third kappa shape index (κ3) is 4.62. The van der Waals surface area contributed by atoms with Gasteiger partial charge in [-0.05, 0) is 32.1 Å². The molecule has 0 bridgehead atoms. The van der Waals surface area contributed by atoms with Gasteiger partial charge in [0.2, 0.25) is 0 Å². The number of methoxy groups -OCH3 is 1. The van der Waals surface area contributed by atoms with Crippen LogP contribution in [0.4, 0.5) is 10.1 Å². The van der Waals surface area contributed by atoms with Crippen molar-refractivity contribution in [3.63, 3.8) is 0 Å². The number of hydrogen-bond acceptors (Lipinski definition) is 4. The van der Waals surface area contributed by atoms with Crippen LogP contribution in [0.1, 0.15) is 6.42 Å². The Morgan fingerprint density at radius 3 is 2.70 bits per heavy atom. The molecule has 0 spiro atoms. The molecule has 20 heavy (non-hydrogen) atoms. The van der Waals surface area contributed by atoms with Crippen LogP contribution in [-0.2, 0) is 10.2 Å². The van der Waals surface area contributed by atoms with E-state index in [0.29, 0.717) is 25.3 Å². The van der Waals surface area contributed by atoms with Crippen LogP contribution in [0.3, 0.4) is 0 Å². The van der Waals surface area contributed by atoms with E-state index in [-0.39, 0.29) is 5.69 Å². The van der Waals surface area contributed by atoms with Crippen molar-refractivity contribution in [3.8, 4) is 5.75 Å². The normalized spacial score (nSPS) is 11.7. The van der Waals surface area contributed by atoms with Crippen LogP contribution in [0.25, 0.3) is 0 Å². The van der Waals surface area contributed by atoms with Crippen molar-refractivity contribution in [2.75, 3.05) is 39.0 Å². The number of halogens is 1. The number of hydrogen-bond donors (Lipinski definition) is 2. The molecule has 0 aromatic heterocycles. The molecule has 0 atom stereocenters. The Hall–Kier alpha value is -1.38. The number of benzene rings is 1. The van der Waals surface area contributed by atoms with Crippen LogP contribution in [0.15, 0.2) is 18.2 Å². The van der Waals surface area contributed by atoms with Gasteiger partial charge in [-0.1, -0.05) is 0 Å². The molecular formula is C12H20FN3O3S. The maximum Gasteiger partial charge on any atom is 0.301 e. The van der Waals surface area contributed by atoms with Crippen LogP contribution in [0, 0.1) is 5.82 Å². The Labute approximate surface area is 119 Å². The number of ether oxygens (including phenoxy) is 1. The largest absolute Gasteiger partial charge is 0.497 e. The molecule has 0 unspecified atom stereocenters. The van der Waals surface area contributed by atoms with Gasteiger partial charge >= 0.3 is 10.2 Å². The Balaban J connectivity index is 2.79. The first-order valence-corrected chi connectivity index (χ1v) is 7.57. The van der Waals surface area contributed by atoms with E-state index in [9.17, 15) is 12.8 Å². The van der Waals surface area contributed by atoms with Gasteiger partial charge < -0.3 is 10.1 Å². The van der Waals surface area contributed by atoms with Gasteiger partial charge in [0, 0.05) is 19.7 Å². The summed E-state index contributed by atoms with van der Waals surface area (Å²) in [5, 5.41) is 2.93. The fraction of sp³-hybridized carbons (Fsp3) is 0.500. The zero-order chi connectivity index (χ0) is 15.2. The van der Waals surface area contributed by atoms with Crippen molar-refractivity contribution in [1.82, 2.24) is 9.62 Å². The van der Waals surface area contributed by atoms with E-state index in [1.807, 2.05) is 0 Å². The molecule has 0 aliphatic carbocycles. The van der Waals surface area contributed by atoms with Gasteiger partial charge in [0.05, 0.1) is 12.8 Å². The predicted molar refractivity (Wildman–Crippen MR) is 76.7 cm³/mol. The highest BCUT2D eigenvalue weighted by molar-refractivity contribution is 7.90. The minimum Gasteiger partial charge on any atom is -0.497 e. The summed E-state index contributed by atoms with van der Waals surface area (Å²) in [4.78, 5) is 0. The smallest absolute Gasteiger partial charge is 0.301 e. The summed E-state index contributed by atoms with van der Waals surface area (Å²) in [6.07, 6.45) is 0.661. The maximum atomic E-state index is 13.6. The number of nitrogens with zero attached hydrogens (tertiary/aromatic N) is 1. The molecule has 0 saturated heterocycles. The molecule has 8 heteroatoms. The Bertz CT molecular complexity index is 537. The van der Waals surface area contributed by atoms with E-state index in [0.717, 1.165) is 10.4 Å². The van der Waals surface area contributed by atoms with Crippen molar-refractivity contribution >= 4 is 15.9 Å². The van der Waals surface area contributed by atoms with E-state index in [4.69, 9.17) is 4.74 Å². The minimum absolute atomic E-state index is 0.134. The fourth-order valence-electron chi connectivity index (χ4n) is 1.53. The predicted octanol–water partition coefficient (Wildman–Crippen LogP) is 1.03. The molecule has 0 radical (unpaired) electrons. The Morgan fingerprint density at radius 1 is 1.40 bits per heavy atom. The van der Waals surface area contributed by atoms with E-state index in [2.05, 4.69) is 10.0 Å². The van der Waals surface area contributed by atoms with Gasteiger partial charge in [0.15, 0.2) is 0 Å². The van der Waals surface area contributed by atoms with Crippen molar-refractivity contribution in [1.29, 1.82) is 0 Å². The lowest BCUT2D eigenvalue weighted by Crippen LogP contribution is -2.34. The third-order valence-electron chi connectivity index (χ3n) is 2.72. The SMILES string of the molecule is CNCCCN(C)S(=O)(=O)Nc1cc(OC)ccc1F. The first-order valence-electron chi connectivity index (χ1n) is 6.13. The summed E-state index contributed by atoms with van der Waals surface area (Å²) in [7, 11) is 0.875. The molecule has 1 rings (SSSR count). The highest BCUT2D eigenvalue weighted by atomic mass is 32.2. The van der Waals surface area contributed by atoms with Gasteiger partial charge in [-0.25, -0.2) is 4.39 Å². The molecule has 1 aromatic carbocycles. The van der Waals surface area contributed by atoms with Crippen molar-refractivity contribution < 1.29 is 17.5 Å². The molecular weight excluding hydrogens is 285 g/mol. The molecule has 0 aliphatic rings. The van der Waals surface area contributed by atoms with Crippen molar-refractivity contribution in [3.05, 3.63) is 24.0 Å². The topological polar surface area (TPSA) is 70.7 Å². The number of nitrogens with one attached hydrogen (secondary N) is 2. The van der Waals surface area contributed by atoms with Gasteiger partial charge in [-0.3, -0.25) is 4.72 Å². The second-order valence-electron chi connectivity index (χ2n) is 4.23. The minimum atomic E-state index is -3.78. The molecule has 0 aliphatic heterocycles. The highest BCUT2D eigenvalue weighted by Crippen LogP contribution is 2.22. The zero-order valence-electron chi connectivity index (χ0n) is 11.8. The first kappa shape index (κ1) is 16.7. The Morgan fingerprint density at radius 2 is 2.10 bits per heavy atom. The maximum absolute atomic E-state index is 13.6. The average molecular weight is 305 g/mol. The summed E-state index contributed by atoms with van der Waals surface area (Å²) in [5.74, 6) is -0.278. The summed E-state index contributed by atoms with van der Waals surface area (Å²) in [5.41, 5.74) is -0.134. The second-order valence-corrected chi connectivity index (χ2v) is 6.01. The molecule has 114 valence electrons. The van der Waals surface area contributed by atoms with Crippen LogP contribution in [-0.4, -0.2) is 47.0 Å². The fourth-order valence-corrected chi connectivity index (χ4v) is 2.48. The van der Waals surface area contributed by atoms with Crippen molar-refractivity contribution in [2.24, 2.45) is 0 Å². The highest BCUT2D eigenvalue weighted by Gasteiger charge is 2.19. The molecule has 6 nitrogen and oxygen atoms in total.